The molecule has 0 unspecified atom stereocenters. The summed E-state index contributed by atoms with van der Waals surface area (Å²) in [5, 5.41) is 9.81. The number of aromatic nitrogens is 2. The largest absolute Gasteiger partial charge is 0.357 e. The van der Waals surface area contributed by atoms with Crippen LogP contribution in [0.3, 0.4) is 0 Å². The topological polar surface area (TPSA) is 103 Å². The lowest BCUT2D eigenvalue weighted by atomic mass is 9.82. The van der Waals surface area contributed by atoms with Gasteiger partial charge in [0.25, 0.3) is 5.91 Å². The van der Waals surface area contributed by atoms with Gasteiger partial charge < -0.3 is 30.2 Å². The van der Waals surface area contributed by atoms with E-state index in [1.54, 1.807) is 7.05 Å². The number of nitrogens with one attached hydrogen (secondary N) is 2. The van der Waals surface area contributed by atoms with Crippen LogP contribution in [0.15, 0.2) is 48.5 Å². The highest BCUT2D eigenvalue weighted by Crippen LogP contribution is 2.56. The van der Waals surface area contributed by atoms with Crippen LogP contribution in [0.1, 0.15) is 28.9 Å². The van der Waals surface area contributed by atoms with E-state index in [1.165, 1.54) is 0 Å². The molecular weight excluding hydrogens is 442 g/mol. The molecule has 0 aliphatic carbocycles. The average molecular weight is 466 g/mol. The number of hydrogen-bond acceptors (Lipinski definition) is 4. The Morgan fingerprint density at radius 1 is 1.09 bits per heavy atom. The number of carbonyl (C=O) groups excluding carboxylic acids is 2. The van der Waals surface area contributed by atoms with Gasteiger partial charge in [0.2, 0.25) is 5.91 Å². The van der Waals surface area contributed by atoms with Crippen molar-refractivity contribution >= 4 is 55.4 Å². The van der Waals surface area contributed by atoms with E-state index in [0.29, 0.717) is 6.54 Å². The quantitative estimate of drug-likeness (QED) is 0.354. The van der Waals surface area contributed by atoms with Crippen LogP contribution in [0, 0.1) is 0 Å². The fourth-order valence-electron chi connectivity index (χ4n) is 7.14. The minimum absolute atomic E-state index is 0.0659. The van der Waals surface area contributed by atoms with Crippen molar-refractivity contribution in [3.05, 3.63) is 59.7 Å². The van der Waals surface area contributed by atoms with Gasteiger partial charge in [0, 0.05) is 40.7 Å². The first-order chi connectivity index (χ1) is 16.9. The zero-order chi connectivity index (χ0) is 23.9. The summed E-state index contributed by atoms with van der Waals surface area (Å²) in [4.78, 5) is 26.9. The molecule has 8 rings (SSSR count). The van der Waals surface area contributed by atoms with Gasteiger partial charge in [0.1, 0.15) is 0 Å². The number of likely N-dealkylation sites (N-methyl/N-ethyl adjacent to an activating group) is 1. The molecule has 1 saturated heterocycles. The van der Waals surface area contributed by atoms with Crippen LogP contribution in [0.2, 0.25) is 0 Å². The van der Waals surface area contributed by atoms with Crippen LogP contribution < -0.4 is 16.4 Å². The van der Waals surface area contributed by atoms with Crippen LogP contribution in [-0.2, 0) is 21.8 Å². The fourth-order valence-corrected chi connectivity index (χ4v) is 7.14. The number of benzene rings is 3. The summed E-state index contributed by atoms with van der Waals surface area (Å²) in [6, 6.07) is 15.7. The van der Waals surface area contributed by atoms with Crippen molar-refractivity contribution in [2.45, 2.75) is 30.8 Å². The van der Waals surface area contributed by atoms with E-state index in [9.17, 15) is 9.59 Å². The number of hydrogen-bond donors (Lipinski definition) is 3. The van der Waals surface area contributed by atoms with Crippen LogP contribution >= 0.6 is 0 Å². The van der Waals surface area contributed by atoms with Crippen LogP contribution in [0.5, 0.6) is 0 Å². The number of fused-ring (bicyclic) bond motifs is 13. The maximum atomic E-state index is 13.7. The second-order valence-electron chi connectivity index (χ2n) is 9.98. The Bertz CT molecular complexity index is 1830. The molecule has 4 N–H and O–H groups in total. The Kier molecular flexibility index (Phi) is 3.24. The number of amides is 2. The van der Waals surface area contributed by atoms with Gasteiger partial charge in [-0.25, -0.2) is 0 Å². The van der Waals surface area contributed by atoms with Crippen LogP contribution in [0.4, 0.5) is 0 Å². The predicted molar refractivity (Wildman–Crippen MR) is 133 cm³/mol. The van der Waals surface area contributed by atoms with Crippen molar-refractivity contribution in [3.63, 3.8) is 0 Å². The lowest BCUT2D eigenvalue weighted by molar-refractivity contribution is -0.140. The first-order valence-electron chi connectivity index (χ1n) is 11.9. The number of para-hydroxylation sites is 2. The van der Waals surface area contributed by atoms with Gasteiger partial charge >= 0.3 is 0 Å². The molecule has 3 aromatic carbocycles. The average Bonchev–Trinajstić information content (AvgIpc) is 3.57. The Labute approximate surface area is 199 Å². The van der Waals surface area contributed by atoms with Crippen molar-refractivity contribution in [1.29, 1.82) is 0 Å². The van der Waals surface area contributed by atoms with Gasteiger partial charge in [-0.05, 0) is 24.6 Å². The molecular formula is C27H23N5O3. The zero-order valence-corrected chi connectivity index (χ0v) is 19.3. The second kappa shape index (κ2) is 5.84. The number of rotatable bonds is 1. The third-order valence-corrected chi connectivity index (χ3v) is 8.67. The summed E-state index contributed by atoms with van der Waals surface area (Å²) in [5.74, 6) is -0.346. The summed E-state index contributed by atoms with van der Waals surface area (Å²) >= 11 is 0. The molecule has 174 valence electrons. The van der Waals surface area contributed by atoms with E-state index in [4.69, 9.17) is 10.5 Å². The van der Waals surface area contributed by atoms with E-state index >= 15 is 0 Å². The third-order valence-electron chi connectivity index (χ3n) is 8.67. The standard InChI is InChI=1S/C27H23N5O3/c1-26-27(28,25(34)29-2)18(12-35-26)31-16-9-5-3-7-13(16)20-21-15(11-30-24(21)33)19-14-8-4-6-10-17(14)32(26)23(19)22(20)31/h3-10,18H,11-12,28H2,1-2H3,(H,29,34)(H,30,33)/t18-,26+,27+/m1/s1. The van der Waals surface area contributed by atoms with E-state index in [0.717, 1.165) is 54.7 Å². The van der Waals surface area contributed by atoms with Gasteiger partial charge in [-0.1, -0.05) is 36.4 Å². The Balaban J connectivity index is 1.77. The molecule has 3 aliphatic heterocycles. The molecule has 2 bridgehead atoms. The normalized spacial score (nSPS) is 26.7. The highest BCUT2D eigenvalue weighted by atomic mass is 16.5. The van der Waals surface area contributed by atoms with E-state index in [1.807, 2.05) is 49.4 Å². The molecule has 1 fully saturated rings. The van der Waals surface area contributed by atoms with Gasteiger partial charge in [-0.15, -0.1) is 0 Å². The second-order valence-corrected chi connectivity index (χ2v) is 9.98. The molecule has 3 aliphatic rings. The minimum atomic E-state index is -1.41. The lowest BCUT2D eigenvalue weighted by Crippen LogP contribution is -2.67. The predicted octanol–water partition coefficient (Wildman–Crippen LogP) is 2.85. The highest BCUT2D eigenvalue weighted by Gasteiger charge is 2.66. The molecule has 5 aromatic rings. The molecule has 0 radical (unpaired) electrons. The smallest absolute Gasteiger partial charge is 0.252 e. The Morgan fingerprint density at radius 2 is 1.77 bits per heavy atom. The number of nitrogens with two attached hydrogens (primary N) is 1. The number of carbonyl (C=O) groups is 2. The summed E-state index contributed by atoms with van der Waals surface area (Å²) < 4.78 is 10.9. The maximum Gasteiger partial charge on any atom is 0.252 e. The van der Waals surface area contributed by atoms with Gasteiger partial charge in [0.05, 0.1) is 34.8 Å². The van der Waals surface area contributed by atoms with E-state index < -0.39 is 17.3 Å². The Morgan fingerprint density at radius 3 is 2.51 bits per heavy atom. The molecule has 5 heterocycles. The van der Waals surface area contributed by atoms with Gasteiger partial charge in [-0.2, -0.15) is 0 Å². The molecule has 8 heteroatoms. The third kappa shape index (κ3) is 1.83. The van der Waals surface area contributed by atoms with E-state index in [2.05, 4.69) is 25.8 Å². The van der Waals surface area contributed by atoms with Gasteiger partial charge in [0.15, 0.2) is 11.3 Å². The van der Waals surface area contributed by atoms with Crippen LogP contribution in [0.25, 0.3) is 43.6 Å². The first kappa shape index (κ1) is 19.4. The monoisotopic (exact) mass is 465 g/mol. The highest BCUT2D eigenvalue weighted by molar-refractivity contribution is 6.31. The lowest BCUT2D eigenvalue weighted by Gasteiger charge is -2.41. The summed E-state index contributed by atoms with van der Waals surface area (Å²) in [7, 11) is 1.61. The molecule has 35 heavy (non-hydrogen) atoms. The molecule has 3 atom stereocenters. The summed E-state index contributed by atoms with van der Waals surface area (Å²) in [5.41, 5.74) is 10.1. The van der Waals surface area contributed by atoms with Crippen molar-refractivity contribution < 1.29 is 14.3 Å². The van der Waals surface area contributed by atoms with Gasteiger partial charge in [-0.3, -0.25) is 9.59 Å². The first-order valence-corrected chi connectivity index (χ1v) is 11.9. The molecule has 2 aromatic heterocycles. The summed E-state index contributed by atoms with van der Waals surface area (Å²) in [6.45, 7) is 2.65. The number of nitrogens with zero attached hydrogens (tertiary/aromatic N) is 2. The molecule has 0 spiro atoms. The van der Waals surface area contributed by atoms with Crippen molar-refractivity contribution in [2.24, 2.45) is 5.73 Å². The Hall–Kier alpha value is -3.88. The minimum Gasteiger partial charge on any atom is -0.357 e. The SMILES string of the molecule is CNC(=O)[C@@]1(N)[C@H]2CO[C@]1(C)n1c3ccccc3c3c4c(c5c6ccccc6n2c5c31)C(=O)NC4. The van der Waals surface area contributed by atoms with Crippen molar-refractivity contribution in [3.8, 4) is 0 Å². The van der Waals surface area contributed by atoms with Crippen molar-refractivity contribution in [2.75, 3.05) is 13.7 Å². The zero-order valence-electron chi connectivity index (χ0n) is 19.3. The van der Waals surface area contributed by atoms with E-state index in [-0.39, 0.29) is 18.4 Å². The van der Waals surface area contributed by atoms with Crippen molar-refractivity contribution in [1.82, 2.24) is 19.8 Å². The maximum absolute atomic E-state index is 13.7. The fraction of sp³-hybridized carbons (Fsp3) is 0.259. The summed E-state index contributed by atoms with van der Waals surface area (Å²) in [6.07, 6.45) is 0. The molecule has 8 nitrogen and oxygen atoms in total. The molecule has 0 saturated carbocycles. The number of ether oxygens (including phenoxy) is 1. The van der Waals surface area contributed by atoms with Crippen LogP contribution in [-0.4, -0.2) is 40.1 Å². The molecule has 2 amide bonds.